The average Bonchev–Trinajstić information content (AvgIpc) is 3.08. The number of aromatic amines is 1. The molecule has 3 atom stereocenters. The van der Waals surface area contributed by atoms with E-state index in [-0.39, 0.29) is 22.5 Å². The largest absolute Gasteiger partial charge is 0.481 e. The molecule has 1 aromatic heterocycles. The molecule has 5 heteroatoms. The first kappa shape index (κ1) is 22.3. The van der Waals surface area contributed by atoms with E-state index in [2.05, 4.69) is 27.8 Å². The van der Waals surface area contributed by atoms with Gasteiger partial charge in [-0.15, -0.1) is 11.6 Å². The molecule has 0 radical (unpaired) electrons. The molecule has 0 fully saturated rings. The summed E-state index contributed by atoms with van der Waals surface area (Å²) in [5.41, 5.74) is 2.02. The number of rotatable bonds is 13. The lowest BCUT2D eigenvalue weighted by molar-refractivity contribution is -0.137. The summed E-state index contributed by atoms with van der Waals surface area (Å²) >= 11 is 10.5. The van der Waals surface area contributed by atoms with Crippen molar-refractivity contribution in [1.29, 1.82) is 0 Å². The number of alkyl halides is 2. The van der Waals surface area contributed by atoms with Crippen LogP contribution >= 0.6 is 27.5 Å². The van der Waals surface area contributed by atoms with Crippen molar-refractivity contribution in [3.05, 3.63) is 36.0 Å². The number of fused-ring (bicyclic) bond motifs is 1. The fraction of sp³-hybridized carbons (Fsp3) is 0.591. The number of carboxylic acid groups (broad SMARTS) is 1. The fourth-order valence-electron chi connectivity index (χ4n) is 3.69. The molecule has 2 N–H and O–H groups in total. The van der Waals surface area contributed by atoms with Gasteiger partial charge in [0.1, 0.15) is 0 Å². The van der Waals surface area contributed by atoms with Crippen LogP contribution in [0.15, 0.2) is 30.5 Å². The Morgan fingerprint density at radius 2 is 1.81 bits per heavy atom. The van der Waals surface area contributed by atoms with E-state index in [0.29, 0.717) is 0 Å². The standard InChI is InChI=1S/C22H31BrClNO2/c1-2-3-4-5-6-7-8-12-19(23)22(24)17(14-21(26)27)18-15-25-20-13-10-9-11-16(18)20/h9-11,13,15,17,19,22,25H,2-8,12,14H2,1H3,(H,26,27). The first-order valence-corrected chi connectivity index (χ1v) is 11.5. The van der Waals surface area contributed by atoms with Crippen molar-refractivity contribution in [3.8, 4) is 0 Å². The van der Waals surface area contributed by atoms with Gasteiger partial charge in [0.2, 0.25) is 0 Å². The predicted molar refractivity (Wildman–Crippen MR) is 118 cm³/mol. The lowest BCUT2D eigenvalue weighted by Crippen LogP contribution is -2.25. The van der Waals surface area contributed by atoms with Gasteiger partial charge in [0.25, 0.3) is 0 Å². The van der Waals surface area contributed by atoms with Crippen molar-refractivity contribution in [2.45, 2.75) is 80.8 Å². The summed E-state index contributed by atoms with van der Waals surface area (Å²) in [6.45, 7) is 2.23. The second-order valence-corrected chi connectivity index (χ2v) is 9.04. The van der Waals surface area contributed by atoms with Crippen LogP contribution in [0.3, 0.4) is 0 Å². The van der Waals surface area contributed by atoms with Gasteiger partial charge in [-0.05, 0) is 18.1 Å². The molecule has 0 saturated carbocycles. The van der Waals surface area contributed by atoms with Crippen LogP contribution in [0, 0.1) is 0 Å². The molecule has 0 amide bonds. The summed E-state index contributed by atoms with van der Waals surface area (Å²) in [7, 11) is 0. The van der Waals surface area contributed by atoms with Crippen LogP contribution in [0.25, 0.3) is 10.9 Å². The van der Waals surface area contributed by atoms with E-state index in [1.165, 1.54) is 38.5 Å². The minimum absolute atomic E-state index is 0.0368. The van der Waals surface area contributed by atoms with Crippen molar-refractivity contribution >= 4 is 44.4 Å². The number of H-pyrrole nitrogens is 1. The zero-order valence-electron chi connectivity index (χ0n) is 16.1. The number of benzene rings is 1. The Hall–Kier alpha value is -1.00. The van der Waals surface area contributed by atoms with Gasteiger partial charge in [-0.3, -0.25) is 4.79 Å². The third-order valence-corrected chi connectivity index (χ3v) is 7.17. The second-order valence-electron chi connectivity index (χ2n) is 7.36. The Kier molecular flexibility index (Phi) is 9.70. The van der Waals surface area contributed by atoms with Gasteiger partial charge in [0, 0.05) is 27.8 Å². The zero-order valence-corrected chi connectivity index (χ0v) is 18.4. The number of para-hydroxylation sites is 1. The van der Waals surface area contributed by atoms with E-state index >= 15 is 0 Å². The van der Waals surface area contributed by atoms with Gasteiger partial charge in [-0.1, -0.05) is 86.0 Å². The molecule has 0 bridgehead atoms. The van der Waals surface area contributed by atoms with Crippen LogP contribution in [0.2, 0.25) is 0 Å². The van der Waals surface area contributed by atoms with Gasteiger partial charge in [-0.2, -0.15) is 0 Å². The number of aromatic nitrogens is 1. The number of hydrogen-bond donors (Lipinski definition) is 2. The molecule has 150 valence electrons. The average molecular weight is 457 g/mol. The molecule has 0 aliphatic carbocycles. The summed E-state index contributed by atoms with van der Waals surface area (Å²) in [6, 6.07) is 7.98. The Labute approximate surface area is 176 Å². The molecule has 1 aromatic carbocycles. The third kappa shape index (κ3) is 6.83. The zero-order chi connectivity index (χ0) is 19.6. The number of halogens is 2. The third-order valence-electron chi connectivity index (χ3n) is 5.23. The van der Waals surface area contributed by atoms with Crippen LogP contribution < -0.4 is 0 Å². The van der Waals surface area contributed by atoms with Crippen LogP contribution in [0.5, 0.6) is 0 Å². The van der Waals surface area contributed by atoms with Gasteiger partial charge in [0.15, 0.2) is 0 Å². The summed E-state index contributed by atoms with van der Waals surface area (Å²) in [6.07, 6.45) is 11.8. The quantitative estimate of drug-likeness (QED) is 0.246. The number of carboxylic acids is 1. The maximum absolute atomic E-state index is 11.5. The van der Waals surface area contributed by atoms with Crippen molar-refractivity contribution in [2.75, 3.05) is 0 Å². The molecular formula is C22H31BrClNO2. The number of nitrogens with one attached hydrogen (secondary N) is 1. The first-order chi connectivity index (χ1) is 13.0. The Bertz CT molecular complexity index is 702. The molecule has 3 unspecified atom stereocenters. The first-order valence-electron chi connectivity index (χ1n) is 10.1. The maximum Gasteiger partial charge on any atom is 0.304 e. The normalized spacial score (nSPS) is 14.9. The molecule has 1 heterocycles. The Morgan fingerprint density at radius 3 is 2.52 bits per heavy atom. The van der Waals surface area contributed by atoms with Crippen molar-refractivity contribution in [1.82, 2.24) is 4.98 Å². The van der Waals surface area contributed by atoms with E-state index in [9.17, 15) is 9.90 Å². The number of carbonyl (C=O) groups is 1. The lowest BCUT2D eigenvalue weighted by atomic mass is 9.89. The van der Waals surface area contributed by atoms with E-state index < -0.39 is 5.97 Å². The molecule has 0 aliphatic heterocycles. The summed E-state index contributed by atoms with van der Waals surface area (Å²) < 4.78 is 0. The minimum Gasteiger partial charge on any atom is -0.481 e. The highest BCUT2D eigenvalue weighted by Gasteiger charge is 2.30. The van der Waals surface area contributed by atoms with Crippen LogP contribution in [-0.2, 0) is 4.79 Å². The Morgan fingerprint density at radius 1 is 1.15 bits per heavy atom. The number of unbranched alkanes of at least 4 members (excludes halogenated alkanes) is 6. The summed E-state index contributed by atoms with van der Waals surface area (Å²) in [5.74, 6) is -1.04. The predicted octanol–water partition coefficient (Wildman–Crippen LogP) is 7.24. The van der Waals surface area contributed by atoms with Crippen molar-refractivity contribution in [2.24, 2.45) is 0 Å². The highest BCUT2D eigenvalue weighted by molar-refractivity contribution is 9.09. The summed E-state index contributed by atoms with van der Waals surface area (Å²) in [5, 5.41) is 10.2. The van der Waals surface area contributed by atoms with Crippen molar-refractivity contribution in [3.63, 3.8) is 0 Å². The molecular weight excluding hydrogens is 426 g/mol. The van der Waals surface area contributed by atoms with E-state index in [1.807, 2.05) is 30.5 Å². The van der Waals surface area contributed by atoms with E-state index in [0.717, 1.165) is 29.3 Å². The number of hydrogen-bond acceptors (Lipinski definition) is 1. The smallest absolute Gasteiger partial charge is 0.304 e. The van der Waals surface area contributed by atoms with Crippen LogP contribution in [-0.4, -0.2) is 26.3 Å². The van der Waals surface area contributed by atoms with Gasteiger partial charge >= 0.3 is 5.97 Å². The lowest BCUT2D eigenvalue weighted by Gasteiger charge is -2.25. The van der Waals surface area contributed by atoms with Crippen LogP contribution in [0.1, 0.15) is 76.2 Å². The van der Waals surface area contributed by atoms with E-state index in [1.54, 1.807) is 0 Å². The molecule has 3 nitrogen and oxygen atoms in total. The highest BCUT2D eigenvalue weighted by atomic mass is 79.9. The monoisotopic (exact) mass is 455 g/mol. The second kappa shape index (κ2) is 11.8. The van der Waals surface area contributed by atoms with Crippen LogP contribution in [0.4, 0.5) is 0 Å². The van der Waals surface area contributed by atoms with E-state index in [4.69, 9.17) is 11.6 Å². The minimum atomic E-state index is -0.813. The SMILES string of the molecule is CCCCCCCCCC(Br)C(Cl)C(CC(=O)O)c1c[nH]c2ccccc12. The van der Waals surface area contributed by atoms with Gasteiger partial charge in [-0.25, -0.2) is 0 Å². The molecule has 2 aromatic rings. The topological polar surface area (TPSA) is 53.1 Å². The highest BCUT2D eigenvalue weighted by Crippen LogP contribution is 2.37. The van der Waals surface area contributed by atoms with Gasteiger partial charge in [0.05, 0.1) is 11.8 Å². The van der Waals surface area contributed by atoms with Gasteiger partial charge < -0.3 is 10.1 Å². The summed E-state index contributed by atoms with van der Waals surface area (Å²) in [4.78, 5) is 14.8. The Balaban J connectivity index is 1.96. The number of aliphatic carboxylic acids is 1. The fourth-order valence-corrected chi connectivity index (χ4v) is 4.73. The maximum atomic E-state index is 11.5. The molecule has 0 spiro atoms. The molecule has 2 rings (SSSR count). The molecule has 0 saturated heterocycles. The van der Waals surface area contributed by atoms with Crippen molar-refractivity contribution < 1.29 is 9.90 Å². The molecule has 0 aliphatic rings. The molecule has 27 heavy (non-hydrogen) atoms.